The van der Waals surface area contributed by atoms with E-state index in [0.717, 1.165) is 22.0 Å². The maximum atomic E-state index is 9.33. The van der Waals surface area contributed by atoms with E-state index < -0.39 is 0 Å². The maximum Gasteiger partial charge on any atom is 0.116 e. The third-order valence-corrected chi connectivity index (χ3v) is 3.28. The molecule has 3 N–H and O–H groups in total. The van der Waals surface area contributed by atoms with Crippen molar-refractivity contribution in [3.05, 3.63) is 26.8 Å². The van der Waals surface area contributed by atoms with E-state index in [2.05, 4.69) is 22.6 Å². The van der Waals surface area contributed by atoms with Crippen LogP contribution >= 0.6 is 22.6 Å². The summed E-state index contributed by atoms with van der Waals surface area (Å²) in [7, 11) is 0. The van der Waals surface area contributed by atoms with Crippen LogP contribution in [-0.4, -0.2) is 5.11 Å². The lowest BCUT2D eigenvalue weighted by Crippen LogP contribution is -2.05. The summed E-state index contributed by atoms with van der Waals surface area (Å²) in [5.41, 5.74) is 8.31. The number of benzene rings is 1. The topological polar surface area (TPSA) is 46.2 Å². The smallest absolute Gasteiger partial charge is 0.116 e. The fourth-order valence-electron chi connectivity index (χ4n) is 1.69. The van der Waals surface area contributed by atoms with Crippen LogP contribution < -0.4 is 5.73 Å². The van der Waals surface area contributed by atoms with Crippen LogP contribution in [0.4, 0.5) is 0 Å². The fraction of sp³-hybridized carbons (Fsp3) is 0.333. The van der Waals surface area contributed by atoms with Crippen LogP contribution in [0.5, 0.6) is 5.75 Å². The van der Waals surface area contributed by atoms with Gasteiger partial charge in [-0.1, -0.05) is 0 Å². The van der Waals surface area contributed by atoms with Gasteiger partial charge in [0, 0.05) is 9.61 Å². The highest BCUT2D eigenvalue weighted by Crippen LogP contribution is 2.35. The van der Waals surface area contributed by atoms with E-state index in [9.17, 15) is 5.11 Å². The molecule has 0 spiro atoms. The second kappa shape index (κ2) is 2.88. The number of phenols is 1. The van der Waals surface area contributed by atoms with Crippen molar-refractivity contribution in [2.45, 2.75) is 18.9 Å². The van der Waals surface area contributed by atoms with Crippen LogP contribution in [0.25, 0.3) is 0 Å². The first-order chi connectivity index (χ1) is 5.68. The Morgan fingerprint density at radius 3 is 3.00 bits per heavy atom. The number of fused-ring (bicyclic) bond motifs is 1. The first-order valence-corrected chi connectivity index (χ1v) is 5.03. The number of phenolic OH excluding ortho intramolecular Hbond substituents is 1. The minimum atomic E-state index is 0.126. The Kier molecular flexibility index (Phi) is 2.00. The van der Waals surface area contributed by atoms with Gasteiger partial charge in [-0.2, -0.15) is 0 Å². The zero-order valence-corrected chi connectivity index (χ0v) is 8.71. The largest absolute Gasteiger partial charge is 0.508 e. The first-order valence-electron chi connectivity index (χ1n) is 3.95. The molecule has 0 fully saturated rings. The van der Waals surface area contributed by atoms with Gasteiger partial charge in [-0.15, -0.1) is 0 Å². The zero-order chi connectivity index (χ0) is 8.72. The number of halogens is 1. The second-order valence-electron chi connectivity index (χ2n) is 3.14. The molecule has 0 bridgehead atoms. The van der Waals surface area contributed by atoms with Gasteiger partial charge in [-0.3, -0.25) is 0 Å². The zero-order valence-electron chi connectivity index (χ0n) is 6.55. The number of rotatable bonds is 0. The van der Waals surface area contributed by atoms with Crippen LogP contribution in [0.15, 0.2) is 12.1 Å². The molecular weight excluding hydrogens is 265 g/mol. The average Bonchev–Trinajstić information content (AvgIpc) is 2.33. The lowest BCUT2D eigenvalue weighted by molar-refractivity contribution is 0.473. The van der Waals surface area contributed by atoms with E-state index >= 15 is 0 Å². The van der Waals surface area contributed by atoms with E-state index in [1.807, 2.05) is 0 Å². The Bertz CT molecular complexity index is 325. The van der Waals surface area contributed by atoms with E-state index in [1.165, 1.54) is 5.56 Å². The van der Waals surface area contributed by atoms with E-state index in [1.54, 1.807) is 12.1 Å². The van der Waals surface area contributed by atoms with Gasteiger partial charge < -0.3 is 10.8 Å². The Morgan fingerprint density at radius 2 is 2.25 bits per heavy atom. The van der Waals surface area contributed by atoms with Crippen LogP contribution in [0.1, 0.15) is 23.6 Å². The molecule has 2 rings (SSSR count). The monoisotopic (exact) mass is 275 g/mol. The molecule has 2 nitrogen and oxygen atoms in total. The molecule has 0 aliphatic heterocycles. The van der Waals surface area contributed by atoms with Gasteiger partial charge in [0.05, 0.1) is 0 Å². The predicted molar refractivity (Wildman–Crippen MR) is 56.1 cm³/mol. The third-order valence-electron chi connectivity index (χ3n) is 2.32. The van der Waals surface area contributed by atoms with Gasteiger partial charge in [0.2, 0.25) is 0 Å². The van der Waals surface area contributed by atoms with E-state index in [-0.39, 0.29) is 6.04 Å². The minimum absolute atomic E-state index is 0.126. The van der Waals surface area contributed by atoms with Crippen molar-refractivity contribution in [3.8, 4) is 5.75 Å². The van der Waals surface area contributed by atoms with Gasteiger partial charge in [0.1, 0.15) is 5.75 Å². The molecule has 0 amide bonds. The molecule has 0 saturated heterocycles. The molecule has 1 atom stereocenters. The van der Waals surface area contributed by atoms with Crippen molar-refractivity contribution < 1.29 is 5.11 Å². The summed E-state index contributed by atoms with van der Waals surface area (Å²) in [5, 5.41) is 9.33. The van der Waals surface area contributed by atoms with E-state index in [0.29, 0.717) is 5.75 Å². The Hall–Kier alpha value is -0.290. The van der Waals surface area contributed by atoms with Gasteiger partial charge in [0.25, 0.3) is 0 Å². The minimum Gasteiger partial charge on any atom is -0.508 e. The van der Waals surface area contributed by atoms with Crippen LogP contribution in [0.3, 0.4) is 0 Å². The molecule has 64 valence electrons. The lowest BCUT2D eigenvalue weighted by Gasteiger charge is -2.06. The molecule has 1 aliphatic carbocycles. The highest BCUT2D eigenvalue weighted by atomic mass is 127. The third kappa shape index (κ3) is 1.21. The summed E-state index contributed by atoms with van der Waals surface area (Å²) in [6.07, 6.45) is 2.06. The molecule has 1 aromatic carbocycles. The van der Waals surface area contributed by atoms with Gasteiger partial charge in [0.15, 0.2) is 0 Å². The highest BCUT2D eigenvalue weighted by molar-refractivity contribution is 14.1. The SMILES string of the molecule is N[C@H]1CCc2c(I)cc(O)cc21. The van der Waals surface area contributed by atoms with Gasteiger partial charge in [-0.25, -0.2) is 0 Å². The van der Waals surface area contributed by atoms with E-state index in [4.69, 9.17) is 5.73 Å². The average molecular weight is 275 g/mol. The summed E-state index contributed by atoms with van der Waals surface area (Å²) < 4.78 is 1.13. The van der Waals surface area contributed by atoms with Crippen molar-refractivity contribution in [2.24, 2.45) is 5.73 Å². The predicted octanol–water partition coefficient (Wildman–Crippen LogP) is 1.94. The summed E-state index contributed by atoms with van der Waals surface area (Å²) in [4.78, 5) is 0. The normalized spacial score (nSPS) is 21.0. The molecule has 0 radical (unpaired) electrons. The van der Waals surface area contributed by atoms with Gasteiger partial charge in [-0.05, 0) is 58.7 Å². The number of nitrogens with two attached hydrogens (primary N) is 1. The molecule has 12 heavy (non-hydrogen) atoms. The molecule has 1 aromatic rings. The fourth-order valence-corrected chi connectivity index (χ4v) is 2.59. The lowest BCUT2D eigenvalue weighted by atomic mass is 10.1. The molecule has 0 saturated carbocycles. The molecule has 1 aliphatic rings. The maximum absolute atomic E-state index is 9.33. The summed E-state index contributed by atoms with van der Waals surface area (Å²) in [6.45, 7) is 0. The van der Waals surface area contributed by atoms with Crippen LogP contribution in [0.2, 0.25) is 0 Å². The Morgan fingerprint density at radius 1 is 1.50 bits per heavy atom. The number of hydrogen-bond acceptors (Lipinski definition) is 2. The van der Waals surface area contributed by atoms with Crippen molar-refractivity contribution in [3.63, 3.8) is 0 Å². The summed E-state index contributed by atoms with van der Waals surface area (Å²) in [6, 6.07) is 3.70. The standard InChI is InChI=1S/C9H10INO/c10-8-4-5(12)3-7-6(8)1-2-9(7)11/h3-4,9,12H,1-2,11H2/t9-/m0/s1. The molecular formula is C9H10INO. The van der Waals surface area contributed by atoms with Crippen molar-refractivity contribution in [1.29, 1.82) is 0 Å². The second-order valence-corrected chi connectivity index (χ2v) is 4.30. The number of hydrogen-bond donors (Lipinski definition) is 2. The quantitative estimate of drug-likeness (QED) is 0.711. The first kappa shape index (κ1) is 8.31. The molecule has 0 heterocycles. The highest BCUT2D eigenvalue weighted by Gasteiger charge is 2.21. The molecule has 3 heteroatoms. The van der Waals surface area contributed by atoms with Crippen molar-refractivity contribution in [1.82, 2.24) is 0 Å². The van der Waals surface area contributed by atoms with Crippen molar-refractivity contribution >= 4 is 22.6 Å². The van der Waals surface area contributed by atoms with Crippen LogP contribution in [-0.2, 0) is 6.42 Å². The summed E-state index contributed by atoms with van der Waals surface area (Å²) in [5.74, 6) is 0.329. The Balaban J connectivity index is 2.60. The molecule has 0 aromatic heterocycles. The summed E-state index contributed by atoms with van der Waals surface area (Å²) >= 11 is 2.25. The Labute approximate surface area is 84.9 Å². The van der Waals surface area contributed by atoms with Crippen LogP contribution in [0, 0.1) is 3.57 Å². The molecule has 0 unspecified atom stereocenters. The van der Waals surface area contributed by atoms with Crippen molar-refractivity contribution in [2.75, 3.05) is 0 Å². The number of aromatic hydroxyl groups is 1. The van der Waals surface area contributed by atoms with Gasteiger partial charge >= 0.3 is 0 Å².